The number of ketones is 2. The number of benzene rings is 2. The lowest BCUT2D eigenvalue weighted by Gasteiger charge is -2.43. The van der Waals surface area contributed by atoms with Crippen molar-refractivity contribution in [3.8, 4) is 17.2 Å². The number of methoxy groups -OCH3 is 1. The van der Waals surface area contributed by atoms with E-state index in [2.05, 4.69) is 20.6 Å². The van der Waals surface area contributed by atoms with Crippen LogP contribution in [-0.2, 0) is 16.0 Å². The second-order valence-corrected chi connectivity index (χ2v) is 13.2. The molecule has 6 atom stereocenters. The molecule has 0 bridgehead atoms. The number of nitrogens with two attached hydrogens (primary N) is 1. The van der Waals surface area contributed by atoms with E-state index in [-0.39, 0.29) is 58.9 Å². The quantitative estimate of drug-likeness (QED) is 0.0275. The van der Waals surface area contributed by atoms with Gasteiger partial charge in [0.1, 0.15) is 22.8 Å². The number of phenols is 2. The number of ether oxygens (including phenoxy) is 2. The van der Waals surface area contributed by atoms with Crippen LogP contribution in [-0.4, -0.2) is 92.8 Å². The zero-order chi connectivity index (χ0) is 36.3. The molecule has 1 amide bonds. The Kier molecular flexibility index (Phi) is 11.1. The van der Waals surface area contributed by atoms with Gasteiger partial charge >= 0.3 is 0 Å². The van der Waals surface area contributed by atoms with E-state index in [4.69, 9.17) is 20.7 Å². The summed E-state index contributed by atoms with van der Waals surface area (Å²) in [5, 5.41) is 63.9. The SMILES string of the molecule is COc1cccc2c1C(=O)c1c(O)c3c(c(O)c1C2=O)C[C@@](O)(/C(CO)=N/NC(=O)CCCCCN=[N+]=[N-])CC3OC1CC(C)C(O)C(N)C1. The van der Waals surface area contributed by atoms with Crippen molar-refractivity contribution in [1.29, 1.82) is 0 Å². The maximum Gasteiger partial charge on any atom is 0.240 e. The van der Waals surface area contributed by atoms with Crippen molar-refractivity contribution in [2.24, 2.45) is 21.9 Å². The number of hydrazone groups is 1. The lowest BCUT2D eigenvalue weighted by Crippen LogP contribution is -2.50. The van der Waals surface area contributed by atoms with E-state index in [1.807, 2.05) is 0 Å². The molecule has 2 aromatic rings. The van der Waals surface area contributed by atoms with Crippen LogP contribution in [0.4, 0.5) is 0 Å². The number of aliphatic hydroxyl groups excluding tert-OH is 2. The molecule has 5 unspecified atom stereocenters. The van der Waals surface area contributed by atoms with Gasteiger partial charge in [-0.15, -0.1) is 0 Å². The minimum Gasteiger partial charge on any atom is -0.507 e. The van der Waals surface area contributed by atoms with Gasteiger partial charge in [0, 0.05) is 53.5 Å². The summed E-state index contributed by atoms with van der Waals surface area (Å²) in [4.78, 5) is 43.0. The number of carbonyl (C=O) groups is 3. The average molecular weight is 695 g/mol. The Bertz CT molecular complexity index is 1750. The van der Waals surface area contributed by atoms with Crippen LogP contribution in [0.3, 0.4) is 0 Å². The summed E-state index contributed by atoms with van der Waals surface area (Å²) in [6.45, 7) is 1.30. The molecule has 50 heavy (non-hydrogen) atoms. The Balaban J connectivity index is 1.54. The molecule has 8 N–H and O–H groups in total. The standard InChI is InChI=1S/C34H42N6O10/c1-16-11-17(12-20(35)29(16)43)50-22-14-34(48,23(15-41)38-39-24(42)9-4-3-5-10-37-40-36)13-19-26(22)33(47)28-27(31(19)45)30(44)18-7-6-8-21(49-2)25(18)32(28)46/h6-8,16-17,20,22,29,41,43,45,47-48H,3-5,9-15,35H2,1-2H3,(H,39,42)/b38-23+/t16?,17?,20?,22?,29?,34-/m0/s1. The normalized spacial score (nSPS) is 26.0. The first-order chi connectivity index (χ1) is 23.9. The van der Waals surface area contributed by atoms with Gasteiger partial charge in [-0.3, -0.25) is 14.4 Å². The summed E-state index contributed by atoms with van der Waals surface area (Å²) < 4.78 is 11.8. The predicted molar refractivity (Wildman–Crippen MR) is 178 cm³/mol. The van der Waals surface area contributed by atoms with E-state index in [0.717, 1.165) is 0 Å². The number of hydrogen-bond donors (Lipinski definition) is 7. The minimum absolute atomic E-state index is 0.0279. The molecule has 16 nitrogen and oxygen atoms in total. The number of hydrogen-bond acceptors (Lipinski definition) is 13. The van der Waals surface area contributed by atoms with Gasteiger partial charge in [0.2, 0.25) is 11.7 Å². The fourth-order valence-corrected chi connectivity index (χ4v) is 7.28. The third-order valence-electron chi connectivity index (χ3n) is 9.85. The van der Waals surface area contributed by atoms with Crippen molar-refractivity contribution in [2.45, 2.75) is 88.2 Å². The van der Waals surface area contributed by atoms with E-state index in [1.54, 1.807) is 6.92 Å². The second kappa shape index (κ2) is 15.1. The Labute approximate surface area is 287 Å². The fourth-order valence-electron chi connectivity index (χ4n) is 7.28. The van der Waals surface area contributed by atoms with E-state index >= 15 is 0 Å². The van der Waals surface area contributed by atoms with Crippen molar-refractivity contribution in [3.05, 3.63) is 62.0 Å². The number of amides is 1. The number of unbranched alkanes of at least 4 members (excludes halogenated alkanes) is 2. The molecule has 0 saturated heterocycles. The van der Waals surface area contributed by atoms with Crippen LogP contribution in [0, 0.1) is 5.92 Å². The molecule has 0 heterocycles. The molecule has 0 aliphatic heterocycles. The molecule has 0 spiro atoms. The Morgan fingerprint density at radius 1 is 1.12 bits per heavy atom. The molecule has 3 aliphatic rings. The monoisotopic (exact) mass is 694 g/mol. The molecule has 268 valence electrons. The zero-order valence-electron chi connectivity index (χ0n) is 27.8. The summed E-state index contributed by atoms with van der Waals surface area (Å²) in [7, 11) is 1.34. The highest BCUT2D eigenvalue weighted by Gasteiger charge is 2.49. The van der Waals surface area contributed by atoms with Crippen molar-refractivity contribution in [2.75, 3.05) is 20.3 Å². The van der Waals surface area contributed by atoms with E-state index in [1.165, 1.54) is 25.3 Å². The van der Waals surface area contributed by atoms with Gasteiger partial charge in [0.25, 0.3) is 0 Å². The molecule has 0 aromatic heterocycles. The van der Waals surface area contributed by atoms with Gasteiger partial charge in [-0.2, -0.15) is 5.10 Å². The molecule has 1 saturated carbocycles. The molecule has 3 aliphatic carbocycles. The first-order valence-corrected chi connectivity index (χ1v) is 16.5. The zero-order valence-corrected chi connectivity index (χ0v) is 27.8. The smallest absolute Gasteiger partial charge is 0.240 e. The number of rotatable bonds is 12. The molecule has 0 radical (unpaired) electrons. The van der Waals surface area contributed by atoms with Crippen molar-refractivity contribution in [3.63, 3.8) is 0 Å². The summed E-state index contributed by atoms with van der Waals surface area (Å²) in [6.07, 6.45) is -1.08. The topological polar surface area (TPSA) is 270 Å². The molecule has 16 heteroatoms. The Morgan fingerprint density at radius 2 is 1.86 bits per heavy atom. The average Bonchev–Trinajstić information content (AvgIpc) is 3.08. The van der Waals surface area contributed by atoms with Crippen LogP contribution in [0.1, 0.15) is 101 Å². The molecule has 1 fully saturated rings. The number of fused-ring (bicyclic) bond motifs is 3. The Hall–Kier alpha value is -4.57. The maximum absolute atomic E-state index is 13.9. The second-order valence-electron chi connectivity index (χ2n) is 13.2. The van der Waals surface area contributed by atoms with Crippen molar-refractivity contribution >= 4 is 23.2 Å². The molecular formula is C34H42N6O10. The van der Waals surface area contributed by atoms with Gasteiger partial charge in [0.05, 0.1) is 54.4 Å². The lowest BCUT2D eigenvalue weighted by molar-refractivity contribution is -0.121. The van der Waals surface area contributed by atoms with Gasteiger partial charge in [-0.1, -0.05) is 30.6 Å². The predicted octanol–water partition coefficient (Wildman–Crippen LogP) is 2.44. The summed E-state index contributed by atoms with van der Waals surface area (Å²) >= 11 is 0. The highest BCUT2D eigenvalue weighted by atomic mass is 16.5. The lowest BCUT2D eigenvalue weighted by atomic mass is 9.71. The van der Waals surface area contributed by atoms with Crippen molar-refractivity contribution < 1.29 is 49.4 Å². The fraction of sp³-hybridized carbons (Fsp3) is 0.529. The molecule has 5 rings (SSSR count). The van der Waals surface area contributed by atoms with Gasteiger partial charge in [0.15, 0.2) is 5.78 Å². The number of aromatic hydroxyl groups is 2. The van der Waals surface area contributed by atoms with Crippen LogP contribution < -0.4 is 15.9 Å². The third kappa shape index (κ3) is 6.90. The number of aliphatic hydroxyl groups is 3. The first kappa shape index (κ1) is 36.7. The number of carbonyl (C=O) groups excluding carboxylic acids is 3. The van der Waals surface area contributed by atoms with Crippen LogP contribution in [0.2, 0.25) is 0 Å². The largest absolute Gasteiger partial charge is 0.507 e. The summed E-state index contributed by atoms with van der Waals surface area (Å²) in [6, 6.07) is 3.78. The van der Waals surface area contributed by atoms with Crippen LogP contribution in [0.25, 0.3) is 10.4 Å². The summed E-state index contributed by atoms with van der Waals surface area (Å²) in [5.41, 5.74) is 13.4. The van der Waals surface area contributed by atoms with Crippen LogP contribution >= 0.6 is 0 Å². The Morgan fingerprint density at radius 3 is 2.54 bits per heavy atom. The van der Waals surface area contributed by atoms with Gasteiger partial charge in [-0.25, -0.2) is 5.43 Å². The van der Waals surface area contributed by atoms with Gasteiger partial charge < -0.3 is 40.7 Å². The van der Waals surface area contributed by atoms with E-state index < -0.39 is 83.1 Å². The maximum atomic E-state index is 13.9. The summed E-state index contributed by atoms with van der Waals surface area (Å²) in [5.74, 6) is -3.42. The van der Waals surface area contributed by atoms with Crippen molar-refractivity contribution in [1.82, 2.24) is 5.43 Å². The highest BCUT2D eigenvalue weighted by Crippen LogP contribution is 2.52. The van der Waals surface area contributed by atoms with E-state index in [9.17, 15) is 39.9 Å². The number of nitrogens with one attached hydrogen (secondary N) is 1. The third-order valence-corrected chi connectivity index (χ3v) is 9.85. The number of phenolic OH excluding ortho intramolecular Hbond substituents is 2. The highest BCUT2D eigenvalue weighted by molar-refractivity contribution is 6.31. The van der Waals surface area contributed by atoms with Gasteiger partial charge in [-0.05, 0) is 43.2 Å². The van der Waals surface area contributed by atoms with Crippen LogP contribution in [0.5, 0.6) is 17.2 Å². The minimum atomic E-state index is -2.07. The van der Waals surface area contributed by atoms with E-state index in [0.29, 0.717) is 32.2 Å². The van der Waals surface area contributed by atoms with Crippen LogP contribution in [0.15, 0.2) is 28.4 Å². The molecular weight excluding hydrogens is 652 g/mol. The molecule has 2 aromatic carbocycles. The number of nitrogens with zero attached hydrogens (tertiary/aromatic N) is 4. The first-order valence-electron chi connectivity index (χ1n) is 16.5. The number of azide groups is 1.